The molecule has 0 unspecified atom stereocenters. The molecule has 2 aliphatic rings. The zero-order valence-electron chi connectivity index (χ0n) is 22.4. The van der Waals surface area contributed by atoms with E-state index in [9.17, 15) is 18.0 Å². The Kier molecular flexibility index (Phi) is 10.9. The van der Waals surface area contributed by atoms with Gasteiger partial charge >= 0.3 is 0 Å². The van der Waals surface area contributed by atoms with E-state index in [1.165, 1.54) is 6.07 Å². The van der Waals surface area contributed by atoms with E-state index in [2.05, 4.69) is 4.90 Å². The lowest BCUT2D eigenvalue weighted by Gasteiger charge is -2.36. The van der Waals surface area contributed by atoms with Crippen LogP contribution in [0.3, 0.4) is 0 Å². The van der Waals surface area contributed by atoms with Crippen LogP contribution in [0.4, 0.5) is 13.2 Å². The molecule has 7 heteroatoms. The van der Waals surface area contributed by atoms with E-state index in [1.807, 2.05) is 38.1 Å². The van der Waals surface area contributed by atoms with Crippen molar-refractivity contribution in [1.29, 1.82) is 0 Å². The van der Waals surface area contributed by atoms with Crippen LogP contribution in [0.1, 0.15) is 62.7 Å². The van der Waals surface area contributed by atoms with Crippen LogP contribution < -0.4 is 4.74 Å². The average Bonchev–Trinajstić information content (AvgIpc) is 3.49. The Hall–Kier alpha value is -2.54. The van der Waals surface area contributed by atoms with Gasteiger partial charge in [-0.05, 0) is 92.9 Å². The summed E-state index contributed by atoms with van der Waals surface area (Å²) in [5.41, 5.74) is 0.689. The van der Waals surface area contributed by atoms with Gasteiger partial charge in [0.1, 0.15) is 17.2 Å². The summed E-state index contributed by atoms with van der Waals surface area (Å²) in [7, 11) is 0.500. The number of hydrogen-bond acceptors (Lipinski definition) is 3. The van der Waals surface area contributed by atoms with Crippen molar-refractivity contribution >= 4 is 5.91 Å². The summed E-state index contributed by atoms with van der Waals surface area (Å²) >= 11 is 0. The number of ether oxygens (including phenoxy) is 1. The molecule has 0 spiro atoms. The molecule has 2 aromatic carbocycles. The number of halogens is 3. The molecule has 2 heterocycles. The van der Waals surface area contributed by atoms with Crippen molar-refractivity contribution in [3.8, 4) is 16.9 Å². The highest BCUT2D eigenvalue weighted by Crippen LogP contribution is 2.28. The summed E-state index contributed by atoms with van der Waals surface area (Å²) in [5.74, 6) is 0.560. The molecule has 204 valence electrons. The molecular weight excluding hydrogens is 477 g/mol. The molecule has 4 rings (SSSR count). The summed E-state index contributed by atoms with van der Waals surface area (Å²) < 4.78 is 44.9. The Morgan fingerprint density at radius 1 is 0.946 bits per heavy atom. The fourth-order valence-electron chi connectivity index (χ4n) is 5.10. The van der Waals surface area contributed by atoms with E-state index in [0.29, 0.717) is 52.2 Å². The van der Waals surface area contributed by atoms with Gasteiger partial charge in [-0.2, -0.15) is 0 Å². The van der Waals surface area contributed by atoms with Gasteiger partial charge in [0, 0.05) is 19.6 Å². The predicted octanol–water partition coefficient (Wildman–Crippen LogP) is 6.93. The van der Waals surface area contributed by atoms with Crippen LogP contribution in [0.2, 0.25) is 0 Å². The van der Waals surface area contributed by atoms with Gasteiger partial charge in [-0.25, -0.2) is 8.78 Å². The number of alkyl halides is 2. The maximum atomic E-state index is 14.7. The van der Waals surface area contributed by atoms with E-state index in [-0.39, 0.29) is 11.5 Å². The summed E-state index contributed by atoms with van der Waals surface area (Å²) in [6.45, 7) is 8.28. The molecule has 0 radical (unpaired) electrons. The number of piperidine rings is 1. The third-order valence-corrected chi connectivity index (χ3v) is 7.75. The Bertz CT molecular complexity index is 981. The molecule has 0 aliphatic carbocycles. The number of amides is 1. The van der Waals surface area contributed by atoms with Crippen molar-refractivity contribution in [3.05, 3.63) is 53.8 Å². The van der Waals surface area contributed by atoms with Crippen molar-refractivity contribution < 1.29 is 22.7 Å². The van der Waals surface area contributed by atoms with Crippen molar-refractivity contribution in [2.75, 3.05) is 46.5 Å². The summed E-state index contributed by atoms with van der Waals surface area (Å²) in [4.78, 5) is 16.5. The zero-order valence-corrected chi connectivity index (χ0v) is 22.4. The van der Waals surface area contributed by atoms with Gasteiger partial charge in [-0.15, -0.1) is 0 Å². The first-order valence-electron chi connectivity index (χ1n) is 13.5. The van der Waals surface area contributed by atoms with Gasteiger partial charge in [-0.1, -0.05) is 32.0 Å². The summed E-state index contributed by atoms with van der Waals surface area (Å²) in [6, 6.07) is 12.5. The molecule has 0 N–H and O–H groups in total. The molecule has 2 saturated heterocycles. The minimum absolute atomic E-state index is 0.142. The van der Waals surface area contributed by atoms with E-state index in [1.54, 1.807) is 17.0 Å². The minimum atomic E-state index is -1.07. The molecule has 0 atom stereocenters. The van der Waals surface area contributed by atoms with Gasteiger partial charge in [0.2, 0.25) is 0 Å². The van der Waals surface area contributed by atoms with Crippen LogP contribution in [-0.4, -0.2) is 67.9 Å². The molecule has 2 aliphatic heterocycles. The molecular formula is C30H41F3N2O2. The monoisotopic (exact) mass is 518 g/mol. The van der Waals surface area contributed by atoms with Crippen molar-refractivity contribution in [2.24, 2.45) is 5.92 Å². The van der Waals surface area contributed by atoms with Crippen molar-refractivity contribution in [1.82, 2.24) is 9.80 Å². The smallest absolute Gasteiger partial charge is 0.256 e. The van der Waals surface area contributed by atoms with Gasteiger partial charge < -0.3 is 14.5 Å². The molecule has 2 aromatic rings. The minimum Gasteiger partial charge on any atom is -0.493 e. The second kappa shape index (κ2) is 13.8. The van der Waals surface area contributed by atoms with Crippen LogP contribution in [0.5, 0.6) is 5.75 Å². The maximum absolute atomic E-state index is 14.7. The van der Waals surface area contributed by atoms with E-state index in [0.717, 1.165) is 55.6 Å². The fraction of sp³-hybridized carbons (Fsp3) is 0.567. The van der Waals surface area contributed by atoms with Gasteiger partial charge in [0.15, 0.2) is 0 Å². The van der Waals surface area contributed by atoms with Crippen LogP contribution in [0, 0.1) is 11.7 Å². The Labute approximate surface area is 219 Å². The maximum Gasteiger partial charge on any atom is 0.256 e. The fourth-order valence-corrected chi connectivity index (χ4v) is 5.10. The highest BCUT2D eigenvalue weighted by molar-refractivity contribution is 5.95. The number of rotatable bonds is 9. The largest absolute Gasteiger partial charge is 0.493 e. The molecule has 1 amide bonds. The lowest BCUT2D eigenvalue weighted by atomic mass is 9.94. The van der Waals surface area contributed by atoms with Crippen LogP contribution in [0.15, 0.2) is 42.5 Å². The third-order valence-electron chi connectivity index (χ3n) is 7.75. The topological polar surface area (TPSA) is 32.8 Å². The van der Waals surface area contributed by atoms with Crippen LogP contribution >= 0.6 is 0 Å². The van der Waals surface area contributed by atoms with E-state index in [4.69, 9.17) is 4.74 Å². The first-order chi connectivity index (χ1) is 17.9. The lowest BCUT2D eigenvalue weighted by molar-refractivity contribution is 0.0568. The SMILES string of the molecule is CCC(F)(CC)CN1CCC(COc2ccc(-c3ccc(C(=O)N4CCCC4)c(F)c3)cc2)CC1.CF. The molecule has 4 nitrogen and oxygen atoms in total. The first-order valence-corrected chi connectivity index (χ1v) is 13.5. The second-order valence-electron chi connectivity index (χ2n) is 10.1. The molecule has 2 fully saturated rings. The molecule has 0 bridgehead atoms. The van der Waals surface area contributed by atoms with Crippen molar-refractivity contribution in [3.63, 3.8) is 0 Å². The molecule has 0 aromatic heterocycles. The molecule has 0 saturated carbocycles. The lowest BCUT2D eigenvalue weighted by Crippen LogP contribution is -2.44. The zero-order chi connectivity index (χ0) is 26.8. The Balaban J connectivity index is 0.00000186. The second-order valence-corrected chi connectivity index (χ2v) is 10.1. The normalized spacial score (nSPS) is 16.9. The predicted molar refractivity (Wildman–Crippen MR) is 143 cm³/mol. The Morgan fingerprint density at radius 2 is 1.54 bits per heavy atom. The summed E-state index contributed by atoms with van der Waals surface area (Å²) in [6.07, 6.45) is 5.13. The number of benzene rings is 2. The Morgan fingerprint density at radius 3 is 2.11 bits per heavy atom. The van der Waals surface area contributed by atoms with Gasteiger partial charge in [0.05, 0.1) is 19.3 Å². The van der Waals surface area contributed by atoms with E-state index >= 15 is 0 Å². The quantitative estimate of drug-likeness (QED) is 0.361. The number of carbonyl (C=O) groups is 1. The number of nitrogens with zero attached hydrogens (tertiary/aromatic N) is 2. The van der Waals surface area contributed by atoms with Gasteiger partial charge in [-0.3, -0.25) is 9.18 Å². The first kappa shape index (κ1) is 29.0. The van der Waals surface area contributed by atoms with Gasteiger partial charge in [0.25, 0.3) is 5.91 Å². The standard InChI is InChI=1S/C29H38F2N2O2.CH3F/c1-3-29(31,4-2)21-32-17-13-22(14-18-32)20-35-25-10-7-23(8-11-25)24-9-12-26(27(30)19-24)28(34)33-15-5-6-16-33;1-2/h7-12,19,22H,3-6,13-18,20-21H2,1-2H3;1H3. The summed E-state index contributed by atoms with van der Waals surface area (Å²) in [5, 5.41) is 0. The van der Waals surface area contributed by atoms with Crippen LogP contribution in [-0.2, 0) is 0 Å². The van der Waals surface area contributed by atoms with E-state index < -0.39 is 11.5 Å². The number of hydrogen-bond donors (Lipinski definition) is 0. The average molecular weight is 519 g/mol. The molecule has 37 heavy (non-hydrogen) atoms. The number of carbonyl (C=O) groups excluding carboxylic acids is 1. The number of likely N-dealkylation sites (tertiary alicyclic amines) is 2. The highest BCUT2D eigenvalue weighted by atomic mass is 19.1. The van der Waals surface area contributed by atoms with Crippen molar-refractivity contribution in [2.45, 2.75) is 58.0 Å². The highest BCUT2D eigenvalue weighted by Gasteiger charge is 2.30. The third kappa shape index (κ3) is 7.73. The van der Waals surface area contributed by atoms with Crippen LogP contribution in [0.25, 0.3) is 11.1 Å².